The number of methoxy groups -OCH3 is 1. The molecular weight excluding hydrogens is 307 g/mol. The Labute approximate surface area is 112 Å². The second-order valence-corrected chi connectivity index (χ2v) is 4.28. The van der Waals surface area contributed by atoms with Crippen LogP contribution in [-0.4, -0.2) is 25.5 Å². The summed E-state index contributed by atoms with van der Waals surface area (Å²) >= 11 is 3.08. The van der Waals surface area contributed by atoms with Gasteiger partial charge in [0.05, 0.1) is 23.8 Å². The van der Waals surface area contributed by atoms with Crippen molar-refractivity contribution in [3.05, 3.63) is 27.5 Å². The highest BCUT2D eigenvalue weighted by Gasteiger charge is 2.27. The first-order valence-electron chi connectivity index (χ1n) is 5.18. The third kappa shape index (κ3) is 2.69. The molecule has 0 aliphatic heterocycles. The molecule has 0 aromatic heterocycles. The number of benzene rings is 1. The maximum Gasteiger partial charge on any atom is 0.379 e. The minimum atomic E-state index is -1.03. The van der Waals surface area contributed by atoms with E-state index in [1.807, 2.05) is 0 Å². The number of ketones is 1. The number of carbonyl (C=O) groups excluding carboxylic acids is 2. The normalized spacial score (nSPS) is 10.1. The van der Waals surface area contributed by atoms with E-state index in [1.54, 1.807) is 6.92 Å². The zero-order chi connectivity index (χ0) is 13.9. The van der Waals surface area contributed by atoms with E-state index in [4.69, 9.17) is 4.74 Å². The fourth-order valence-electron chi connectivity index (χ4n) is 1.47. The molecule has 0 radical (unpaired) electrons. The van der Waals surface area contributed by atoms with Gasteiger partial charge in [0, 0.05) is 0 Å². The molecule has 1 rings (SSSR count). The molecule has 1 aromatic carbocycles. The van der Waals surface area contributed by atoms with E-state index in [-0.39, 0.29) is 28.0 Å². The lowest BCUT2D eigenvalue weighted by Gasteiger charge is -2.12. The average Bonchev–Trinajstić information content (AvgIpc) is 2.32. The first-order chi connectivity index (χ1) is 8.43. The summed E-state index contributed by atoms with van der Waals surface area (Å²) in [5.41, 5.74) is -0.0732. The van der Waals surface area contributed by atoms with Gasteiger partial charge in [-0.05, 0) is 41.4 Å². The summed E-state index contributed by atoms with van der Waals surface area (Å²) in [6, 6.07) is 1.18. The molecule has 0 aliphatic carbocycles. The minimum Gasteiger partial charge on any atom is -0.495 e. The van der Waals surface area contributed by atoms with Gasteiger partial charge in [-0.25, -0.2) is 9.18 Å². The van der Waals surface area contributed by atoms with Gasteiger partial charge < -0.3 is 9.47 Å². The van der Waals surface area contributed by atoms with Gasteiger partial charge in [0.2, 0.25) is 0 Å². The lowest BCUT2D eigenvalue weighted by atomic mass is 10.0. The molecule has 0 atom stereocenters. The smallest absolute Gasteiger partial charge is 0.379 e. The van der Waals surface area contributed by atoms with Crippen molar-refractivity contribution in [2.24, 2.45) is 0 Å². The van der Waals surface area contributed by atoms with Gasteiger partial charge in [0.25, 0.3) is 5.78 Å². The Morgan fingerprint density at radius 2 is 2.06 bits per heavy atom. The lowest BCUT2D eigenvalue weighted by molar-refractivity contribution is -0.137. The summed E-state index contributed by atoms with van der Waals surface area (Å²) in [6.45, 7) is 3.05. The van der Waals surface area contributed by atoms with Crippen LogP contribution in [0.5, 0.6) is 5.75 Å². The Balaban J connectivity index is 3.38. The first-order valence-corrected chi connectivity index (χ1v) is 5.97. The fraction of sp³-hybridized carbons (Fsp3) is 0.333. The Kier molecular flexibility index (Phi) is 4.84. The topological polar surface area (TPSA) is 52.6 Å². The number of hydrogen-bond acceptors (Lipinski definition) is 4. The lowest BCUT2D eigenvalue weighted by Crippen LogP contribution is -2.20. The van der Waals surface area contributed by atoms with Gasteiger partial charge in [0.15, 0.2) is 0 Å². The van der Waals surface area contributed by atoms with Crippen molar-refractivity contribution in [2.75, 3.05) is 13.7 Å². The predicted molar refractivity (Wildman–Crippen MR) is 66.4 cm³/mol. The Hall–Kier alpha value is -1.43. The molecule has 1 aromatic rings. The number of ether oxygens (including phenoxy) is 2. The summed E-state index contributed by atoms with van der Waals surface area (Å²) in [7, 11) is 1.33. The largest absolute Gasteiger partial charge is 0.495 e. The Bertz CT molecular complexity index is 499. The second-order valence-electron chi connectivity index (χ2n) is 3.42. The minimum absolute atomic E-state index is 0.0492. The van der Waals surface area contributed by atoms with Crippen molar-refractivity contribution in [2.45, 2.75) is 13.8 Å². The third-order valence-corrected chi connectivity index (χ3v) is 2.91. The van der Waals surface area contributed by atoms with Gasteiger partial charge in [-0.2, -0.15) is 0 Å². The molecule has 0 aliphatic rings. The molecule has 4 nitrogen and oxygen atoms in total. The molecule has 0 fully saturated rings. The molecule has 0 bridgehead atoms. The summed E-state index contributed by atoms with van der Waals surface area (Å²) in [4.78, 5) is 23.3. The average molecular weight is 319 g/mol. The van der Waals surface area contributed by atoms with Crippen molar-refractivity contribution in [3.63, 3.8) is 0 Å². The van der Waals surface area contributed by atoms with Crippen molar-refractivity contribution in [1.29, 1.82) is 0 Å². The molecule has 98 valence electrons. The van der Waals surface area contributed by atoms with E-state index in [0.29, 0.717) is 0 Å². The van der Waals surface area contributed by atoms with Crippen LogP contribution in [0.25, 0.3) is 0 Å². The molecule has 0 N–H and O–H groups in total. The summed E-state index contributed by atoms with van der Waals surface area (Å²) in [5.74, 6) is -2.44. The van der Waals surface area contributed by atoms with E-state index >= 15 is 0 Å². The number of Topliss-reactive ketones (excluding diaryl/α,β-unsaturated/α-hetero) is 1. The maximum atomic E-state index is 13.6. The van der Waals surface area contributed by atoms with Crippen LogP contribution in [0.15, 0.2) is 10.5 Å². The summed E-state index contributed by atoms with van der Waals surface area (Å²) in [5, 5.41) is 0. The number of carbonyl (C=O) groups is 2. The van der Waals surface area contributed by atoms with Crippen LogP contribution in [0.1, 0.15) is 22.8 Å². The molecular formula is C12H12BrFO4. The van der Waals surface area contributed by atoms with E-state index in [0.717, 1.165) is 0 Å². The predicted octanol–water partition coefficient (Wildman–Crippen LogP) is 2.65. The molecule has 0 amide bonds. The van der Waals surface area contributed by atoms with Crippen LogP contribution in [0.3, 0.4) is 0 Å². The Morgan fingerprint density at radius 1 is 1.44 bits per heavy atom. The van der Waals surface area contributed by atoms with E-state index < -0.39 is 17.6 Å². The SMILES string of the molecule is CCOC(=O)C(=O)c1c(C)c(F)cc(Br)c1OC. The summed E-state index contributed by atoms with van der Waals surface area (Å²) in [6.07, 6.45) is 0. The fourth-order valence-corrected chi connectivity index (χ4v) is 2.03. The Morgan fingerprint density at radius 3 is 2.56 bits per heavy atom. The van der Waals surface area contributed by atoms with Crippen molar-refractivity contribution < 1.29 is 23.5 Å². The van der Waals surface area contributed by atoms with E-state index in [2.05, 4.69) is 20.7 Å². The van der Waals surface area contributed by atoms with Crippen LogP contribution >= 0.6 is 15.9 Å². The van der Waals surface area contributed by atoms with Gasteiger partial charge in [-0.1, -0.05) is 0 Å². The highest BCUT2D eigenvalue weighted by Crippen LogP contribution is 2.33. The quantitative estimate of drug-likeness (QED) is 0.486. The molecule has 6 heteroatoms. The highest BCUT2D eigenvalue weighted by atomic mass is 79.9. The van der Waals surface area contributed by atoms with Crippen LogP contribution < -0.4 is 4.74 Å². The zero-order valence-corrected chi connectivity index (χ0v) is 11.8. The molecule has 0 saturated heterocycles. The zero-order valence-electron chi connectivity index (χ0n) is 10.2. The summed E-state index contributed by atoms with van der Waals surface area (Å²) < 4.78 is 23.5. The van der Waals surface area contributed by atoms with Crippen LogP contribution in [0.2, 0.25) is 0 Å². The van der Waals surface area contributed by atoms with E-state index in [9.17, 15) is 14.0 Å². The second kappa shape index (κ2) is 5.95. The number of halogens is 2. The van der Waals surface area contributed by atoms with Crippen LogP contribution in [0, 0.1) is 12.7 Å². The third-order valence-electron chi connectivity index (χ3n) is 2.32. The van der Waals surface area contributed by atoms with Gasteiger partial charge in [-0.15, -0.1) is 0 Å². The highest BCUT2D eigenvalue weighted by molar-refractivity contribution is 9.10. The maximum absolute atomic E-state index is 13.6. The van der Waals surface area contributed by atoms with Crippen molar-refractivity contribution in [1.82, 2.24) is 0 Å². The molecule has 0 spiro atoms. The monoisotopic (exact) mass is 318 g/mol. The number of esters is 1. The molecule has 0 heterocycles. The standard InChI is InChI=1S/C12H12BrFO4/c1-4-18-12(16)10(15)9-6(2)8(14)5-7(13)11(9)17-3/h5H,4H2,1-3H3. The molecule has 0 unspecified atom stereocenters. The number of hydrogen-bond donors (Lipinski definition) is 0. The van der Waals surface area contributed by atoms with Gasteiger partial charge >= 0.3 is 5.97 Å². The number of rotatable bonds is 4. The van der Waals surface area contributed by atoms with E-state index in [1.165, 1.54) is 20.1 Å². The van der Waals surface area contributed by atoms with Gasteiger partial charge in [-0.3, -0.25) is 4.79 Å². The van der Waals surface area contributed by atoms with Crippen LogP contribution in [-0.2, 0) is 9.53 Å². The van der Waals surface area contributed by atoms with Crippen molar-refractivity contribution in [3.8, 4) is 5.75 Å². The van der Waals surface area contributed by atoms with Crippen LogP contribution in [0.4, 0.5) is 4.39 Å². The first kappa shape index (κ1) is 14.6. The molecule has 18 heavy (non-hydrogen) atoms. The van der Waals surface area contributed by atoms with Gasteiger partial charge in [0.1, 0.15) is 11.6 Å². The van der Waals surface area contributed by atoms with Crippen molar-refractivity contribution >= 4 is 27.7 Å². The molecule has 0 saturated carbocycles.